The van der Waals surface area contributed by atoms with Gasteiger partial charge in [0.1, 0.15) is 11.9 Å². The number of carbonyl (C=O) groups excluding carboxylic acids is 5. The van der Waals surface area contributed by atoms with Crippen LogP contribution in [0.4, 0.5) is 4.39 Å². The molecule has 0 saturated carbocycles. The van der Waals surface area contributed by atoms with Crippen molar-refractivity contribution in [3.05, 3.63) is 102 Å². The Morgan fingerprint density at radius 3 is 2.43 bits per heavy atom. The van der Waals surface area contributed by atoms with E-state index in [9.17, 15) is 29.1 Å². The number of aryl methyl sites for hydroxylation is 1. The minimum atomic E-state index is -0.757. The molecule has 3 N–H and O–H groups in total. The second kappa shape index (κ2) is 24.2. The minimum Gasteiger partial charge on any atom is -0.666 e. The molecule has 3 aromatic carbocycles. The number of fused-ring (bicyclic) bond motifs is 1. The van der Waals surface area contributed by atoms with Gasteiger partial charge in [0.25, 0.3) is 0 Å². The van der Waals surface area contributed by atoms with E-state index < -0.39 is 29.4 Å². The maximum absolute atomic E-state index is 16.3. The molecule has 357 valence electrons. The Labute approximate surface area is 417 Å². The van der Waals surface area contributed by atoms with E-state index in [2.05, 4.69) is 31.1 Å². The van der Waals surface area contributed by atoms with Crippen molar-refractivity contribution < 1.29 is 74.1 Å². The second-order valence-corrected chi connectivity index (χ2v) is 18.2. The van der Waals surface area contributed by atoms with Gasteiger partial charge < -0.3 is 49.3 Å². The van der Waals surface area contributed by atoms with Crippen LogP contribution in [0.15, 0.2) is 67.3 Å². The number of methoxy groups -OCH3 is 1. The maximum Gasteiger partial charge on any atom is 3.00 e. The molecule has 0 unspecified atom stereocenters. The number of phenolic OH excluding ortho intramolecular Hbond substituents is 1. The molecule has 0 spiro atoms. The number of aromatic nitrogens is 1. The number of hydrogen-bond acceptors (Lipinski definition) is 9. The van der Waals surface area contributed by atoms with Crippen molar-refractivity contribution in [2.75, 3.05) is 47.0 Å². The summed E-state index contributed by atoms with van der Waals surface area (Å²) in [6, 6.07) is 15.3. The number of ether oxygens (including phenoxy) is 2. The molecule has 4 aromatic rings. The summed E-state index contributed by atoms with van der Waals surface area (Å²) in [5, 5.41) is 12.3. The molecule has 0 bridgehead atoms. The predicted octanol–water partition coefficient (Wildman–Crippen LogP) is 7.44. The molecule has 14 nitrogen and oxygen atoms in total. The van der Waals surface area contributed by atoms with Crippen LogP contribution in [0.1, 0.15) is 70.6 Å². The van der Waals surface area contributed by atoms with Gasteiger partial charge >= 0.3 is 37.1 Å². The fourth-order valence-electron chi connectivity index (χ4n) is 9.05. The fourth-order valence-corrected chi connectivity index (χ4v) is 9.05. The van der Waals surface area contributed by atoms with Crippen molar-refractivity contribution >= 4 is 41.0 Å². The average molecular weight is 1150 g/mol. The van der Waals surface area contributed by atoms with Crippen LogP contribution in [0.2, 0.25) is 0 Å². The van der Waals surface area contributed by atoms with E-state index in [1.54, 1.807) is 37.6 Å². The molecular weight excluding hydrogens is 1080 g/mol. The van der Waals surface area contributed by atoms with Gasteiger partial charge in [-0.25, -0.2) is 4.39 Å². The molecule has 6 rings (SSSR count). The van der Waals surface area contributed by atoms with Gasteiger partial charge in [-0.3, -0.25) is 19.8 Å². The summed E-state index contributed by atoms with van der Waals surface area (Å²) in [5.74, 6) is -2.25. The first-order chi connectivity index (χ1) is 31.3. The molecule has 3 atom stereocenters. The van der Waals surface area contributed by atoms with Crippen molar-refractivity contribution in [2.45, 2.75) is 85.4 Å². The van der Waals surface area contributed by atoms with Crippen molar-refractivity contribution in [1.29, 1.82) is 0 Å². The quantitative estimate of drug-likeness (QED) is 0.0619. The fraction of sp³-hybridized carbons (Fsp3) is 0.451. The summed E-state index contributed by atoms with van der Waals surface area (Å²) in [7, 11) is 3.23. The Kier molecular flexibility index (Phi) is 19.7. The topological polar surface area (TPSA) is 175 Å². The van der Waals surface area contributed by atoms with E-state index >= 15 is 4.39 Å². The third-order valence-electron chi connectivity index (χ3n) is 12.2. The molecule has 1 radical (unpaired) electrons. The van der Waals surface area contributed by atoms with Crippen LogP contribution in [-0.4, -0.2) is 114 Å². The van der Waals surface area contributed by atoms with Crippen molar-refractivity contribution in [2.24, 2.45) is 17.3 Å². The van der Waals surface area contributed by atoms with Crippen molar-refractivity contribution in [1.82, 2.24) is 24.8 Å². The van der Waals surface area contributed by atoms with Crippen LogP contribution in [0.3, 0.4) is 0 Å². The molecule has 4 amide bonds. The number of aromatic hydroxyl groups is 1. The maximum atomic E-state index is 16.3. The average Bonchev–Trinajstić information content (AvgIpc) is 3.90. The number of hydrazine groups is 1. The summed E-state index contributed by atoms with van der Waals surface area (Å²) in [4.78, 5) is 62.3. The van der Waals surface area contributed by atoms with Crippen LogP contribution >= 0.6 is 0 Å². The van der Waals surface area contributed by atoms with E-state index in [0.717, 1.165) is 27.8 Å². The Morgan fingerprint density at radius 2 is 1.81 bits per heavy atom. The molecular formula is C51H64FN6O8U. The van der Waals surface area contributed by atoms with Crippen LogP contribution in [0.5, 0.6) is 5.75 Å². The van der Waals surface area contributed by atoms with E-state index in [-0.39, 0.29) is 72.9 Å². The van der Waals surface area contributed by atoms with Crippen LogP contribution in [0.25, 0.3) is 39.0 Å². The Hall–Kier alpha value is -5.14. The number of phenols is 1. The third-order valence-corrected chi connectivity index (χ3v) is 12.2. The van der Waals surface area contributed by atoms with Crippen molar-refractivity contribution in [3.63, 3.8) is 0 Å². The number of likely N-dealkylation sites (tertiary alicyclic amines) is 1. The Bertz CT molecular complexity index is 2400. The number of hydrogen-bond donors (Lipinski definition) is 2. The minimum absolute atomic E-state index is 0. The summed E-state index contributed by atoms with van der Waals surface area (Å²) >= 11 is 0. The van der Waals surface area contributed by atoms with Gasteiger partial charge in [-0.2, -0.15) is 18.6 Å². The smallest absolute Gasteiger partial charge is 0.666 e. The molecule has 1 aromatic heterocycles. The van der Waals surface area contributed by atoms with E-state index in [1.807, 2.05) is 63.5 Å². The normalized spacial score (nSPS) is 16.4. The summed E-state index contributed by atoms with van der Waals surface area (Å²) < 4.78 is 29.6. The van der Waals surface area contributed by atoms with Gasteiger partial charge in [0.15, 0.2) is 0 Å². The second-order valence-electron chi connectivity index (χ2n) is 18.2. The number of benzene rings is 3. The Morgan fingerprint density at radius 1 is 1.10 bits per heavy atom. The SMILES string of the molecule is C=CC(=O)N1CC[C@H](C(=O)N(C)[C@H](C([NH-])=O)C(C)C)C1.[CH2-]c1cc(O)cc(-c2cc(F)c3c(c2)c(CC(C)(C)COC(=O)[C@@H]2CCCN([C-]=O)N2)c(-c2ccccc2CCOC)n3CC)c1.[U+3]. The van der Waals surface area contributed by atoms with Gasteiger partial charge in [0.05, 0.1) is 48.0 Å². The monoisotopic (exact) mass is 1150 g/mol. The van der Waals surface area contributed by atoms with E-state index in [4.69, 9.17) is 15.2 Å². The predicted molar refractivity (Wildman–Crippen MR) is 253 cm³/mol. The zero-order chi connectivity index (χ0) is 48.5. The van der Waals surface area contributed by atoms with Crippen LogP contribution < -0.4 is 5.43 Å². The zero-order valence-corrected chi connectivity index (χ0v) is 43.9. The molecule has 2 fully saturated rings. The first kappa shape index (κ1) is 54.5. The zero-order valence-electron chi connectivity index (χ0n) is 39.7. The van der Waals surface area contributed by atoms with E-state index in [1.165, 1.54) is 22.1 Å². The van der Waals surface area contributed by atoms with Crippen LogP contribution in [-0.2, 0) is 52.8 Å². The molecule has 2 saturated heterocycles. The number of nitrogens with one attached hydrogen (secondary N) is 2. The van der Waals surface area contributed by atoms with Gasteiger partial charge in [-0.15, -0.1) is 12.5 Å². The van der Waals surface area contributed by atoms with Gasteiger partial charge in [0, 0.05) is 56.7 Å². The summed E-state index contributed by atoms with van der Waals surface area (Å²) in [5.41, 5.74) is 16.0. The number of amides is 4. The van der Waals surface area contributed by atoms with E-state index in [0.29, 0.717) is 87.1 Å². The van der Waals surface area contributed by atoms with Crippen LogP contribution in [0, 0.1) is 61.1 Å². The molecule has 3 heterocycles. The van der Waals surface area contributed by atoms with Gasteiger partial charge in [-0.05, 0) is 85.9 Å². The first-order valence-electron chi connectivity index (χ1n) is 22.4. The number of esters is 1. The summed E-state index contributed by atoms with van der Waals surface area (Å²) in [6.07, 6.45) is 6.02. The molecule has 0 aliphatic carbocycles. The number of carbonyl (C=O) groups is 4. The first-order valence-corrected chi connectivity index (χ1v) is 22.4. The molecule has 2 aliphatic rings. The number of likely N-dealkylation sites (N-methyl/N-ethyl adjacent to an activating group) is 1. The third kappa shape index (κ3) is 13.3. The molecule has 16 heteroatoms. The van der Waals surface area contributed by atoms with Gasteiger partial charge in [0.2, 0.25) is 11.8 Å². The largest absolute Gasteiger partial charge is 3.00 e. The number of rotatable bonds is 17. The number of halogens is 1. The molecule has 67 heavy (non-hydrogen) atoms. The summed E-state index contributed by atoms with van der Waals surface area (Å²) in [6.45, 7) is 19.6. The molecule has 2 aliphatic heterocycles. The number of nitrogens with zero attached hydrogens (tertiary/aromatic N) is 4. The van der Waals surface area contributed by atoms with Crippen molar-refractivity contribution in [3.8, 4) is 28.1 Å². The standard InChI is InChI=1S/C37H42FN3O5.C14H23N3O3.U/c1-6-41-34(29-11-8-7-10-25(29)13-15-45-5)31(21-37(3,4)22-46-36(44)33-12-9-14-40(23-42)39-33)30-19-27(20-32(38)35(30)41)26-16-24(2)17-28(43)18-26;1-5-11(18)17-7-6-10(8-17)14(20)16(4)12(9(2)3)13(15)19;/h7-8,10-11,16-20,33,39,43H,2,6,9,12-15,21-22H2,1,3-5H3;5,9-10,12H,1,6-8H2,2-4H3,(H2,15,19);/q-2;;+3/p-1/t33-;10-,12-;/m00./s1. The Balaban J connectivity index is 0.000000393. The van der Waals surface area contributed by atoms with Gasteiger partial charge in [-0.1, -0.05) is 64.1 Å².